The molecule has 0 spiro atoms. The maximum absolute atomic E-state index is 6.01. The SMILES string of the molecule is Cc1ccc(C(C)N(C)C2CCC(N)CC2)c(C)c1. The fourth-order valence-electron chi connectivity index (χ4n) is 3.34. The van der Waals surface area contributed by atoms with Gasteiger partial charge >= 0.3 is 0 Å². The van der Waals surface area contributed by atoms with Crippen LogP contribution in [-0.2, 0) is 0 Å². The molecule has 0 heterocycles. The van der Waals surface area contributed by atoms with Crippen molar-refractivity contribution in [2.45, 2.75) is 64.6 Å². The molecule has 0 radical (unpaired) electrons. The first-order valence-corrected chi connectivity index (χ1v) is 7.53. The highest BCUT2D eigenvalue weighted by molar-refractivity contribution is 5.32. The predicted molar refractivity (Wildman–Crippen MR) is 82.3 cm³/mol. The molecule has 0 amide bonds. The smallest absolute Gasteiger partial charge is 0.0322 e. The summed E-state index contributed by atoms with van der Waals surface area (Å²) >= 11 is 0. The van der Waals surface area contributed by atoms with E-state index in [2.05, 4.69) is 50.9 Å². The third-order valence-electron chi connectivity index (χ3n) is 4.80. The van der Waals surface area contributed by atoms with Gasteiger partial charge in [-0.15, -0.1) is 0 Å². The lowest BCUT2D eigenvalue weighted by Crippen LogP contribution is -2.40. The van der Waals surface area contributed by atoms with Gasteiger partial charge in [0.1, 0.15) is 0 Å². The van der Waals surface area contributed by atoms with E-state index in [1.807, 2.05) is 0 Å². The summed E-state index contributed by atoms with van der Waals surface area (Å²) in [6.45, 7) is 6.71. The molecule has 1 aromatic carbocycles. The summed E-state index contributed by atoms with van der Waals surface area (Å²) in [5, 5.41) is 0. The highest BCUT2D eigenvalue weighted by Crippen LogP contribution is 2.30. The average molecular weight is 260 g/mol. The van der Waals surface area contributed by atoms with E-state index in [4.69, 9.17) is 5.73 Å². The van der Waals surface area contributed by atoms with Crippen molar-refractivity contribution >= 4 is 0 Å². The number of aryl methyl sites for hydroxylation is 2. The predicted octanol–water partition coefficient (Wildman–Crippen LogP) is 3.57. The van der Waals surface area contributed by atoms with Crippen molar-refractivity contribution in [3.05, 3.63) is 34.9 Å². The monoisotopic (exact) mass is 260 g/mol. The fraction of sp³-hybridized carbons (Fsp3) is 0.647. The van der Waals surface area contributed by atoms with Crippen LogP contribution in [0.25, 0.3) is 0 Å². The highest BCUT2D eigenvalue weighted by Gasteiger charge is 2.25. The summed E-state index contributed by atoms with van der Waals surface area (Å²) in [6.07, 6.45) is 4.84. The van der Waals surface area contributed by atoms with Crippen LogP contribution in [0.1, 0.15) is 55.3 Å². The van der Waals surface area contributed by atoms with Gasteiger partial charge in [0.2, 0.25) is 0 Å². The normalized spacial score (nSPS) is 25.6. The lowest BCUT2D eigenvalue weighted by Gasteiger charge is -2.37. The van der Waals surface area contributed by atoms with Crippen LogP contribution in [0, 0.1) is 13.8 Å². The molecule has 2 rings (SSSR count). The topological polar surface area (TPSA) is 29.3 Å². The van der Waals surface area contributed by atoms with E-state index >= 15 is 0 Å². The van der Waals surface area contributed by atoms with Crippen molar-refractivity contribution < 1.29 is 0 Å². The van der Waals surface area contributed by atoms with Gasteiger partial charge in [0.15, 0.2) is 0 Å². The molecule has 1 aromatic rings. The van der Waals surface area contributed by atoms with E-state index in [9.17, 15) is 0 Å². The van der Waals surface area contributed by atoms with E-state index in [0.29, 0.717) is 18.1 Å². The van der Waals surface area contributed by atoms with Gasteiger partial charge in [0, 0.05) is 18.1 Å². The Kier molecular flexibility index (Phi) is 4.64. The summed E-state index contributed by atoms with van der Waals surface area (Å²) < 4.78 is 0. The molecule has 2 N–H and O–H groups in total. The van der Waals surface area contributed by atoms with Crippen molar-refractivity contribution in [3.8, 4) is 0 Å². The standard InChI is InChI=1S/C17H28N2/c1-12-5-10-17(13(2)11-12)14(3)19(4)16-8-6-15(18)7-9-16/h5,10-11,14-16H,6-9,18H2,1-4H3. The van der Waals surface area contributed by atoms with E-state index in [0.717, 1.165) is 0 Å². The number of nitrogens with two attached hydrogens (primary N) is 1. The van der Waals surface area contributed by atoms with Crippen LogP contribution >= 0.6 is 0 Å². The molecule has 0 bridgehead atoms. The lowest BCUT2D eigenvalue weighted by molar-refractivity contribution is 0.140. The molecule has 1 aliphatic rings. The summed E-state index contributed by atoms with van der Waals surface area (Å²) in [5.74, 6) is 0. The molecule has 0 aliphatic heterocycles. The van der Waals surface area contributed by atoms with Crippen molar-refractivity contribution in [1.82, 2.24) is 4.90 Å². The summed E-state index contributed by atoms with van der Waals surface area (Å²) in [7, 11) is 2.27. The van der Waals surface area contributed by atoms with Gasteiger partial charge in [-0.25, -0.2) is 0 Å². The minimum absolute atomic E-state index is 0.432. The molecule has 1 fully saturated rings. The molecule has 1 saturated carbocycles. The molecule has 1 aliphatic carbocycles. The summed E-state index contributed by atoms with van der Waals surface area (Å²) in [6, 6.07) is 8.41. The Morgan fingerprint density at radius 3 is 2.37 bits per heavy atom. The molecule has 2 heteroatoms. The van der Waals surface area contributed by atoms with E-state index < -0.39 is 0 Å². The molecule has 1 unspecified atom stereocenters. The number of hydrogen-bond donors (Lipinski definition) is 1. The number of nitrogens with zero attached hydrogens (tertiary/aromatic N) is 1. The van der Waals surface area contributed by atoms with Crippen LogP contribution in [-0.4, -0.2) is 24.0 Å². The third kappa shape index (κ3) is 3.37. The zero-order valence-electron chi connectivity index (χ0n) is 12.8. The van der Waals surface area contributed by atoms with Gasteiger partial charge < -0.3 is 5.73 Å². The zero-order valence-corrected chi connectivity index (χ0v) is 12.8. The van der Waals surface area contributed by atoms with Crippen LogP contribution in [0.3, 0.4) is 0 Å². The second-order valence-electron chi connectivity index (χ2n) is 6.27. The summed E-state index contributed by atoms with van der Waals surface area (Å²) in [5.41, 5.74) is 10.2. The van der Waals surface area contributed by atoms with E-state index in [-0.39, 0.29) is 0 Å². The Labute approximate surface area is 118 Å². The second kappa shape index (κ2) is 6.06. The third-order valence-corrected chi connectivity index (χ3v) is 4.80. The van der Waals surface area contributed by atoms with Crippen molar-refractivity contribution in [1.29, 1.82) is 0 Å². The van der Waals surface area contributed by atoms with Crippen LogP contribution in [0.15, 0.2) is 18.2 Å². The number of hydrogen-bond acceptors (Lipinski definition) is 2. The zero-order chi connectivity index (χ0) is 14.0. The van der Waals surface area contributed by atoms with Gasteiger partial charge in [-0.3, -0.25) is 4.90 Å². The number of benzene rings is 1. The lowest BCUT2D eigenvalue weighted by atomic mass is 9.89. The molecule has 0 aromatic heterocycles. The Bertz CT molecular complexity index is 419. The average Bonchev–Trinajstić information content (AvgIpc) is 2.38. The molecule has 106 valence electrons. The van der Waals surface area contributed by atoms with Gasteiger partial charge in [0.05, 0.1) is 0 Å². The molecule has 1 atom stereocenters. The van der Waals surface area contributed by atoms with Crippen molar-refractivity contribution in [2.24, 2.45) is 5.73 Å². The van der Waals surface area contributed by atoms with E-state index in [1.165, 1.54) is 42.4 Å². The first-order chi connectivity index (χ1) is 8.99. The molecule has 0 saturated heterocycles. The largest absolute Gasteiger partial charge is 0.328 e. The summed E-state index contributed by atoms with van der Waals surface area (Å²) in [4.78, 5) is 2.55. The van der Waals surface area contributed by atoms with Crippen LogP contribution < -0.4 is 5.73 Å². The van der Waals surface area contributed by atoms with Crippen molar-refractivity contribution in [3.63, 3.8) is 0 Å². The maximum atomic E-state index is 6.01. The Morgan fingerprint density at radius 1 is 1.16 bits per heavy atom. The Balaban J connectivity index is 2.08. The Morgan fingerprint density at radius 2 is 1.79 bits per heavy atom. The number of rotatable bonds is 3. The second-order valence-corrected chi connectivity index (χ2v) is 6.27. The van der Waals surface area contributed by atoms with Gasteiger partial charge in [-0.1, -0.05) is 23.8 Å². The fourth-order valence-corrected chi connectivity index (χ4v) is 3.34. The van der Waals surface area contributed by atoms with E-state index in [1.54, 1.807) is 0 Å². The molecular formula is C17H28N2. The van der Waals surface area contributed by atoms with Crippen molar-refractivity contribution in [2.75, 3.05) is 7.05 Å². The van der Waals surface area contributed by atoms with Crippen LogP contribution in [0.2, 0.25) is 0 Å². The van der Waals surface area contributed by atoms with Gasteiger partial charge in [-0.05, 0) is 64.6 Å². The first kappa shape index (κ1) is 14.5. The quantitative estimate of drug-likeness (QED) is 0.900. The highest BCUT2D eigenvalue weighted by atomic mass is 15.2. The van der Waals surface area contributed by atoms with Gasteiger partial charge in [0.25, 0.3) is 0 Å². The Hall–Kier alpha value is -0.860. The molecule has 2 nitrogen and oxygen atoms in total. The molecular weight excluding hydrogens is 232 g/mol. The molecule has 19 heavy (non-hydrogen) atoms. The maximum Gasteiger partial charge on any atom is 0.0322 e. The minimum Gasteiger partial charge on any atom is -0.328 e. The first-order valence-electron chi connectivity index (χ1n) is 7.53. The minimum atomic E-state index is 0.432. The van der Waals surface area contributed by atoms with Gasteiger partial charge in [-0.2, -0.15) is 0 Å². The van der Waals surface area contributed by atoms with Crippen LogP contribution in [0.5, 0.6) is 0 Å². The van der Waals surface area contributed by atoms with Crippen LogP contribution in [0.4, 0.5) is 0 Å².